The summed E-state index contributed by atoms with van der Waals surface area (Å²) >= 11 is 0. The Morgan fingerprint density at radius 1 is 1.10 bits per heavy atom. The number of hydrogen-bond acceptors (Lipinski definition) is 3. The molecule has 0 saturated heterocycles. The number of benzene rings is 2. The van der Waals surface area contributed by atoms with Crippen molar-refractivity contribution < 1.29 is 18.7 Å². The number of nitrogens with zero attached hydrogens (tertiary/aromatic N) is 1. The minimum absolute atomic E-state index is 0.194. The molecule has 0 unspecified atom stereocenters. The molecule has 0 aromatic heterocycles. The van der Waals surface area contributed by atoms with Crippen LogP contribution >= 0.6 is 0 Å². The molecule has 2 amide bonds. The lowest BCUT2D eigenvalue weighted by atomic mass is 10.1. The Bertz CT molecular complexity index is 791. The number of carbonyl (C=O) groups excluding carboxylic acids is 2. The molecule has 1 N–H and O–H groups in total. The Balaban J connectivity index is 2.08. The van der Waals surface area contributed by atoms with Crippen molar-refractivity contribution in [1.82, 2.24) is 10.2 Å². The largest absolute Gasteiger partial charge is 0.484 e. The Labute approximate surface area is 171 Å². The fraction of sp³-hybridized carbons (Fsp3) is 0.391. The van der Waals surface area contributed by atoms with Crippen molar-refractivity contribution in [2.75, 3.05) is 13.2 Å². The molecule has 2 rings (SSSR count). The molecule has 2 aromatic rings. The first-order valence-electron chi connectivity index (χ1n) is 9.91. The maximum absolute atomic E-state index is 13.0. The lowest BCUT2D eigenvalue weighted by Crippen LogP contribution is -2.49. The summed E-state index contributed by atoms with van der Waals surface area (Å²) < 4.78 is 18.5. The minimum atomic E-state index is -0.641. The summed E-state index contributed by atoms with van der Waals surface area (Å²) in [6.07, 6.45) is 1.87. The molecule has 0 aliphatic rings. The lowest BCUT2D eigenvalue weighted by Gasteiger charge is -2.28. The molecule has 2 aromatic carbocycles. The van der Waals surface area contributed by atoms with Crippen molar-refractivity contribution in [2.45, 2.75) is 46.2 Å². The van der Waals surface area contributed by atoms with E-state index in [1.165, 1.54) is 29.2 Å². The van der Waals surface area contributed by atoms with Gasteiger partial charge in [0.05, 0.1) is 0 Å². The van der Waals surface area contributed by atoms with E-state index >= 15 is 0 Å². The van der Waals surface area contributed by atoms with Gasteiger partial charge >= 0.3 is 0 Å². The van der Waals surface area contributed by atoms with Crippen molar-refractivity contribution >= 4 is 11.8 Å². The standard InChI is InChI=1S/C23H29FN2O3/c1-4-5-14-25-23(28)18(3)26(15-19-8-6-17(2)7-9-19)22(27)16-29-21-12-10-20(24)11-13-21/h6-13,18H,4-5,14-16H2,1-3H3,(H,25,28)/t18-/m1/s1. The molecule has 0 radical (unpaired) electrons. The van der Waals surface area contributed by atoms with Gasteiger partial charge in [-0.3, -0.25) is 9.59 Å². The van der Waals surface area contributed by atoms with Crippen LogP contribution in [0.15, 0.2) is 48.5 Å². The molecule has 5 nitrogen and oxygen atoms in total. The van der Waals surface area contributed by atoms with Crippen LogP contribution in [-0.2, 0) is 16.1 Å². The van der Waals surface area contributed by atoms with Crippen molar-refractivity contribution in [3.05, 3.63) is 65.5 Å². The second-order valence-corrected chi connectivity index (χ2v) is 7.07. The Kier molecular flexibility index (Phi) is 8.65. The molecular weight excluding hydrogens is 371 g/mol. The van der Waals surface area contributed by atoms with E-state index in [4.69, 9.17) is 4.74 Å². The molecule has 0 heterocycles. The van der Waals surface area contributed by atoms with Crippen LogP contribution in [0.1, 0.15) is 37.8 Å². The van der Waals surface area contributed by atoms with Crippen LogP contribution in [0.4, 0.5) is 4.39 Å². The predicted molar refractivity (Wildman–Crippen MR) is 111 cm³/mol. The number of carbonyl (C=O) groups is 2. The van der Waals surface area contributed by atoms with Crippen LogP contribution in [0, 0.1) is 12.7 Å². The number of halogens is 1. The number of ether oxygens (including phenoxy) is 1. The van der Waals surface area contributed by atoms with E-state index in [0.717, 1.165) is 24.0 Å². The molecule has 0 aliphatic heterocycles. The monoisotopic (exact) mass is 400 g/mol. The highest BCUT2D eigenvalue weighted by molar-refractivity contribution is 5.87. The molecule has 0 fully saturated rings. The number of hydrogen-bond donors (Lipinski definition) is 1. The quantitative estimate of drug-likeness (QED) is 0.617. The summed E-state index contributed by atoms with van der Waals surface area (Å²) in [5.74, 6) is -0.481. The second-order valence-electron chi connectivity index (χ2n) is 7.07. The average Bonchev–Trinajstić information content (AvgIpc) is 2.72. The van der Waals surface area contributed by atoms with E-state index in [1.807, 2.05) is 31.2 Å². The van der Waals surface area contributed by atoms with Gasteiger partial charge in [-0.2, -0.15) is 0 Å². The van der Waals surface area contributed by atoms with E-state index in [1.54, 1.807) is 6.92 Å². The van der Waals surface area contributed by atoms with Crippen molar-refractivity contribution in [3.63, 3.8) is 0 Å². The Morgan fingerprint density at radius 2 is 1.76 bits per heavy atom. The van der Waals surface area contributed by atoms with Crippen molar-refractivity contribution in [3.8, 4) is 5.75 Å². The lowest BCUT2D eigenvalue weighted by molar-refractivity contribution is -0.142. The van der Waals surface area contributed by atoms with Gasteiger partial charge in [0.2, 0.25) is 5.91 Å². The molecule has 6 heteroatoms. The molecular formula is C23H29FN2O3. The maximum atomic E-state index is 13.0. The summed E-state index contributed by atoms with van der Waals surface area (Å²) in [6.45, 7) is 6.41. The average molecular weight is 400 g/mol. The van der Waals surface area contributed by atoms with Crippen LogP contribution in [0.5, 0.6) is 5.75 Å². The summed E-state index contributed by atoms with van der Waals surface area (Å²) in [6, 6.07) is 12.7. The summed E-state index contributed by atoms with van der Waals surface area (Å²) in [4.78, 5) is 26.9. The van der Waals surface area contributed by atoms with Gasteiger partial charge in [0.15, 0.2) is 6.61 Å². The highest BCUT2D eigenvalue weighted by Crippen LogP contribution is 2.14. The molecule has 0 spiro atoms. The topological polar surface area (TPSA) is 58.6 Å². The first kappa shape index (κ1) is 22.4. The molecule has 0 bridgehead atoms. The summed E-state index contributed by atoms with van der Waals surface area (Å²) in [7, 11) is 0. The van der Waals surface area contributed by atoms with E-state index < -0.39 is 6.04 Å². The van der Waals surface area contributed by atoms with Gasteiger partial charge in [0.1, 0.15) is 17.6 Å². The zero-order valence-electron chi connectivity index (χ0n) is 17.3. The third kappa shape index (κ3) is 7.22. The number of unbranched alkanes of at least 4 members (excludes halogenated alkanes) is 1. The second kappa shape index (κ2) is 11.2. The van der Waals surface area contributed by atoms with Gasteiger partial charge in [-0.25, -0.2) is 4.39 Å². The highest BCUT2D eigenvalue weighted by Gasteiger charge is 2.26. The number of amides is 2. The number of nitrogens with one attached hydrogen (secondary N) is 1. The smallest absolute Gasteiger partial charge is 0.261 e. The summed E-state index contributed by atoms with van der Waals surface area (Å²) in [5.41, 5.74) is 2.05. The van der Waals surface area contributed by atoms with Crippen LogP contribution in [0.25, 0.3) is 0 Å². The molecule has 156 valence electrons. The fourth-order valence-corrected chi connectivity index (χ4v) is 2.77. The van der Waals surface area contributed by atoms with Crippen LogP contribution < -0.4 is 10.1 Å². The fourth-order valence-electron chi connectivity index (χ4n) is 2.77. The van der Waals surface area contributed by atoms with E-state index in [-0.39, 0.29) is 24.2 Å². The van der Waals surface area contributed by atoms with Gasteiger partial charge in [0, 0.05) is 13.1 Å². The van der Waals surface area contributed by atoms with E-state index in [0.29, 0.717) is 18.8 Å². The SMILES string of the molecule is CCCCNC(=O)[C@@H](C)N(Cc1ccc(C)cc1)C(=O)COc1ccc(F)cc1. The third-order valence-corrected chi connectivity index (χ3v) is 4.65. The van der Waals surface area contributed by atoms with E-state index in [2.05, 4.69) is 12.2 Å². The minimum Gasteiger partial charge on any atom is -0.484 e. The highest BCUT2D eigenvalue weighted by atomic mass is 19.1. The first-order chi connectivity index (χ1) is 13.9. The van der Waals surface area contributed by atoms with Gasteiger partial charge < -0.3 is 15.0 Å². The van der Waals surface area contributed by atoms with Crippen LogP contribution in [0.2, 0.25) is 0 Å². The normalized spacial score (nSPS) is 11.6. The first-order valence-corrected chi connectivity index (χ1v) is 9.91. The number of aryl methyl sites for hydroxylation is 1. The molecule has 0 aliphatic carbocycles. The number of rotatable bonds is 10. The molecule has 29 heavy (non-hydrogen) atoms. The van der Waals surface area contributed by atoms with Crippen molar-refractivity contribution in [2.24, 2.45) is 0 Å². The molecule has 1 atom stereocenters. The van der Waals surface area contributed by atoms with Gasteiger partial charge in [0.25, 0.3) is 5.91 Å². The predicted octanol–water partition coefficient (Wildman–Crippen LogP) is 3.85. The van der Waals surface area contributed by atoms with Crippen LogP contribution in [0.3, 0.4) is 0 Å². The third-order valence-electron chi connectivity index (χ3n) is 4.65. The van der Waals surface area contributed by atoms with Gasteiger partial charge in [-0.05, 0) is 50.1 Å². The van der Waals surface area contributed by atoms with Crippen molar-refractivity contribution in [1.29, 1.82) is 0 Å². The zero-order valence-corrected chi connectivity index (χ0v) is 17.3. The maximum Gasteiger partial charge on any atom is 0.261 e. The summed E-state index contributed by atoms with van der Waals surface area (Å²) in [5, 5.41) is 2.88. The zero-order chi connectivity index (χ0) is 21.2. The Hall–Kier alpha value is -2.89. The van der Waals surface area contributed by atoms with Gasteiger partial charge in [-0.1, -0.05) is 43.2 Å². The van der Waals surface area contributed by atoms with Crippen LogP contribution in [-0.4, -0.2) is 35.9 Å². The molecule has 0 saturated carbocycles. The Morgan fingerprint density at radius 3 is 2.38 bits per heavy atom. The van der Waals surface area contributed by atoms with Gasteiger partial charge in [-0.15, -0.1) is 0 Å². The van der Waals surface area contributed by atoms with E-state index in [9.17, 15) is 14.0 Å².